The van der Waals surface area contributed by atoms with Gasteiger partial charge in [0.15, 0.2) is 0 Å². The Morgan fingerprint density at radius 2 is 1.24 bits per heavy atom. The van der Waals surface area contributed by atoms with Crippen LogP contribution in [0.4, 0.5) is 0 Å². The number of nitrogens with zero attached hydrogens (tertiary/aromatic N) is 1. The van der Waals surface area contributed by atoms with E-state index in [0.29, 0.717) is 6.42 Å². The zero-order chi connectivity index (χ0) is 14.9. The van der Waals surface area contributed by atoms with Gasteiger partial charge in [0.05, 0.1) is 6.61 Å². The van der Waals surface area contributed by atoms with E-state index in [0.717, 1.165) is 13.1 Å². The predicted octanol–water partition coefficient (Wildman–Crippen LogP) is 2.43. The second kappa shape index (κ2) is 8.57. The highest BCUT2D eigenvalue weighted by molar-refractivity contribution is 5.17. The maximum Gasteiger partial charge on any atom is 0.0587 e. The van der Waals surface area contributed by atoms with Crippen LogP contribution in [-0.4, -0.2) is 34.4 Å². The summed E-state index contributed by atoms with van der Waals surface area (Å²) >= 11 is 0. The minimum atomic E-state index is -0.0320. The molecule has 0 fully saturated rings. The Hall–Kier alpha value is -1.68. The van der Waals surface area contributed by atoms with Gasteiger partial charge in [-0.25, -0.2) is 0 Å². The van der Waals surface area contributed by atoms with Crippen molar-refractivity contribution in [2.24, 2.45) is 0 Å². The summed E-state index contributed by atoms with van der Waals surface area (Å²) in [6.45, 7) is 1.67. The first-order valence-electron chi connectivity index (χ1n) is 7.37. The van der Waals surface area contributed by atoms with Gasteiger partial charge < -0.3 is 10.2 Å². The molecular formula is C18H23NO2. The quantitative estimate of drug-likeness (QED) is 0.783. The molecule has 0 saturated carbocycles. The molecule has 2 N–H and O–H groups in total. The van der Waals surface area contributed by atoms with Crippen molar-refractivity contribution in [2.45, 2.75) is 25.6 Å². The maximum atomic E-state index is 9.63. The standard InChI is InChI=1S/C18H23NO2/c20-12-11-18(15-21)19(13-16-7-3-1-4-8-16)14-17-9-5-2-6-10-17/h1-10,18,20-21H,11-15H2. The molecule has 3 heteroatoms. The van der Waals surface area contributed by atoms with E-state index in [4.69, 9.17) is 0 Å². The fraction of sp³-hybridized carbons (Fsp3) is 0.333. The normalized spacial score (nSPS) is 12.5. The number of hydrogen-bond acceptors (Lipinski definition) is 3. The van der Waals surface area contributed by atoms with Crippen molar-refractivity contribution in [1.29, 1.82) is 0 Å². The molecule has 21 heavy (non-hydrogen) atoms. The Kier molecular flexibility index (Phi) is 6.41. The second-order valence-electron chi connectivity index (χ2n) is 5.22. The molecular weight excluding hydrogens is 262 g/mol. The number of aliphatic hydroxyl groups is 2. The van der Waals surface area contributed by atoms with Crippen molar-refractivity contribution in [3.63, 3.8) is 0 Å². The molecule has 3 nitrogen and oxygen atoms in total. The van der Waals surface area contributed by atoms with E-state index in [2.05, 4.69) is 29.2 Å². The highest BCUT2D eigenvalue weighted by atomic mass is 16.3. The highest BCUT2D eigenvalue weighted by Gasteiger charge is 2.18. The molecule has 0 bridgehead atoms. The van der Waals surface area contributed by atoms with E-state index in [-0.39, 0.29) is 19.3 Å². The summed E-state index contributed by atoms with van der Waals surface area (Å²) in [6, 6.07) is 20.4. The van der Waals surface area contributed by atoms with Crippen molar-refractivity contribution in [1.82, 2.24) is 4.90 Å². The summed E-state index contributed by atoms with van der Waals surface area (Å²) in [7, 11) is 0. The van der Waals surface area contributed by atoms with Crippen LogP contribution in [-0.2, 0) is 13.1 Å². The number of aliphatic hydroxyl groups excluding tert-OH is 2. The fourth-order valence-corrected chi connectivity index (χ4v) is 2.49. The largest absolute Gasteiger partial charge is 0.396 e. The van der Waals surface area contributed by atoms with Gasteiger partial charge in [0, 0.05) is 25.7 Å². The number of rotatable bonds is 8. The first-order chi connectivity index (χ1) is 10.3. The zero-order valence-electron chi connectivity index (χ0n) is 12.2. The molecule has 1 atom stereocenters. The molecule has 1 unspecified atom stereocenters. The van der Waals surface area contributed by atoms with Crippen LogP contribution < -0.4 is 0 Å². The lowest BCUT2D eigenvalue weighted by atomic mass is 10.1. The van der Waals surface area contributed by atoms with E-state index >= 15 is 0 Å². The third kappa shape index (κ3) is 4.97. The third-order valence-corrected chi connectivity index (χ3v) is 3.65. The van der Waals surface area contributed by atoms with E-state index in [1.54, 1.807) is 0 Å². The van der Waals surface area contributed by atoms with Gasteiger partial charge in [-0.3, -0.25) is 4.90 Å². The zero-order valence-corrected chi connectivity index (χ0v) is 12.2. The molecule has 0 heterocycles. The summed E-state index contributed by atoms with van der Waals surface area (Å²) in [6.07, 6.45) is 0.580. The topological polar surface area (TPSA) is 43.7 Å². The van der Waals surface area contributed by atoms with Gasteiger partial charge in [-0.15, -0.1) is 0 Å². The van der Waals surface area contributed by atoms with Crippen LogP contribution in [0.15, 0.2) is 60.7 Å². The van der Waals surface area contributed by atoms with Crippen molar-refractivity contribution in [3.05, 3.63) is 71.8 Å². The average molecular weight is 285 g/mol. The SMILES string of the molecule is OCCC(CO)N(Cc1ccccc1)Cc1ccccc1. The van der Waals surface area contributed by atoms with E-state index in [1.165, 1.54) is 11.1 Å². The molecule has 0 radical (unpaired) electrons. The Balaban J connectivity index is 2.13. The van der Waals surface area contributed by atoms with Crippen molar-refractivity contribution < 1.29 is 10.2 Å². The minimum absolute atomic E-state index is 0.0320. The Labute approximate surface area is 126 Å². The molecule has 0 aliphatic heterocycles. The van der Waals surface area contributed by atoms with Gasteiger partial charge in [-0.1, -0.05) is 60.7 Å². The second-order valence-corrected chi connectivity index (χ2v) is 5.22. The lowest BCUT2D eigenvalue weighted by molar-refractivity contribution is 0.0877. The van der Waals surface area contributed by atoms with Crippen molar-refractivity contribution in [3.8, 4) is 0 Å². The van der Waals surface area contributed by atoms with E-state index in [9.17, 15) is 10.2 Å². The summed E-state index contributed by atoms with van der Waals surface area (Å²) in [4.78, 5) is 2.22. The molecule has 2 aromatic carbocycles. The Bertz CT molecular complexity index is 460. The van der Waals surface area contributed by atoms with Gasteiger partial charge in [0.1, 0.15) is 0 Å². The predicted molar refractivity (Wildman–Crippen MR) is 84.7 cm³/mol. The number of hydrogen-bond donors (Lipinski definition) is 2. The van der Waals surface area contributed by atoms with Crippen LogP contribution in [0.1, 0.15) is 17.5 Å². The van der Waals surface area contributed by atoms with Crippen LogP contribution in [0, 0.1) is 0 Å². The van der Waals surface area contributed by atoms with Crippen LogP contribution in [0.3, 0.4) is 0 Å². The lowest BCUT2D eigenvalue weighted by Crippen LogP contribution is -2.37. The van der Waals surface area contributed by atoms with Gasteiger partial charge in [0.25, 0.3) is 0 Å². The molecule has 0 spiro atoms. The Morgan fingerprint density at radius 3 is 1.62 bits per heavy atom. The fourth-order valence-electron chi connectivity index (χ4n) is 2.49. The molecule has 0 aliphatic rings. The lowest BCUT2D eigenvalue weighted by Gasteiger charge is -2.30. The summed E-state index contributed by atoms with van der Waals surface area (Å²) in [5.41, 5.74) is 2.43. The van der Waals surface area contributed by atoms with Crippen LogP contribution in [0.25, 0.3) is 0 Å². The summed E-state index contributed by atoms with van der Waals surface area (Å²) < 4.78 is 0. The summed E-state index contributed by atoms with van der Waals surface area (Å²) in [5, 5.41) is 18.8. The molecule has 0 aromatic heterocycles. The van der Waals surface area contributed by atoms with Gasteiger partial charge >= 0.3 is 0 Å². The third-order valence-electron chi connectivity index (χ3n) is 3.65. The van der Waals surface area contributed by atoms with Crippen molar-refractivity contribution >= 4 is 0 Å². The van der Waals surface area contributed by atoms with Gasteiger partial charge in [0.2, 0.25) is 0 Å². The molecule has 0 saturated heterocycles. The van der Waals surface area contributed by atoms with E-state index < -0.39 is 0 Å². The van der Waals surface area contributed by atoms with Gasteiger partial charge in [-0.05, 0) is 17.5 Å². The average Bonchev–Trinajstić information content (AvgIpc) is 2.54. The number of benzene rings is 2. The smallest absolute Gasteiger partial charge is 0.0587 e. The van der Waals surface area contributed by atoms with Crippen LogP contribution >= 0.6 is 0 Å². The molecule has 0 amide bonds. The van der Waals surface area contributed by atoms with Crippen LogP contribution in [0.5, 0.6) is 0 Å². The Morgan fingerprint density at radius 1 is 0.762 bits per heavy atom. The van der Waals surface area contributed by atoms with Crippen LogP contribution in [0.2, 0.25) is 0 Å². The van der Waals surface area contributed by atoms with Crippen molar-refractivity contribution in [2.75, 3.05) is 13.2 Å². The molecule has 0 aliphatic carbocycles. The minimum Gasteiger partial charge on any atom is -0.396 e. The first kappa shape index (κ1) is 15.7. The highest BCUT2D eigenvalue weighted by Crippen LogP contribution is 2.15. The first-order valence-corrected chi connectivity index (χ1v) is 7.37. The van der Waals surface area contributed by atoms with E-state index in [1.807, 2.05) is 36.4 Å². The monoisotopic (exact) mass is 285 g/mol. The molecule has 112 valence electrons. The van der Waals surface area contributed by atoms with Gasteiger partial charge in [-0.2, -0.15) is 0 Å². The molecule has 2 aromatic rings. The molecule has 2 rings (SSSR count). The summed E-state index contributed by atoms with van der Waals surface area (Å²) in [5.74, 6) is 0. The maximum absolute atomic E-state index is 9.63.